The van der Waals surface area contributed by atoms with E-state index in [1.807, 2.05) is 0 Å². The van der Waals surface area contributed by atoms with E-state index in [1.165, 1.54) is 0 Å². The molecule has 5 heavy (non-hydrogen) atoms. The van der Waals surface area contributed by atoms with Crippen molar-refractivity contribution in [3.05, 3.63) is 0 Å². The highest BCUT2D eigenvalue weighted by Gasteiger charge is 1.79. The summed E-state index contributed by atoms with van der Waals surface area (Å²) in [5, 5.41) is 0. The van der Waals surface area contributed by atoms with Gasteiger partial charge in [0.15, 0.2) is 0 Å². The predicted molar refractivity (Wildman–Crippen MR) is 32.3 cm³/mol. The van der Waals surface area contributed by atoms with Crippen LogP contribution < -0.4 is 5.73 Å². The summed E-state index contributed by atoms with van der Waals surface area (Å²) in [4.78, 5) is 0. The summed E-state index contributed by atoms with van der Waals surface area (Å²) in [7, 11) is 5.04. The van der Waals surface area contributed by atoms with Crippen LogP contribution in [0.2, 0.25) is 0 Å². The molecule has 2 N–H and O–H groups in total. The van der Waals surface area contributed by atoms with Crippen molar-refractivity contribution in [3.8, 4) is 0 Å². The molecule has 0 aromatic rings. The Labute approximate surface area is 37.1 Å². The number of hydrogen-bond acceptors (Lipinski definition) is 1. The standard InChI is InChI=1S/C2H9NP2/c3-2(5)1-4/h2H,1,3-5H2. The van der Waals surface area contributed by atoms with Crippen LogP contribution in [0.3, 0.4) is 0 Å². The molecule has 0 aliphatic rings. The number of nitrogens with two attached hydrogens (primary N) is 1. The zero-order chi connectivity index (χ0) is 4.28. The molecule has 32 valence electrons. The third-order valence-corrected chi connectivity index (χ3v) is 1.63. The van der Waals surface area contributed by atoms with Gasteiger partial charge >= 0.3 is 0 Å². The maximum atomic E-state index is 5.23. The summed E-state index contributed by atoms with van der Waals surface area (Å²) < 4.78 is 0. The Bertz CT molecular complexity index is 21.6. The van der Waals surface area contributed by atoms with Crippen LogP contribution in [-0.4, -0.2) is 11.9 Å². The van der Waals surface area contributed by atoms with Crippen molar-refractivity contribution in [3.63, 3.8) is 0 Å². The minimum Gasteiger partial charge on any atom is -0.324 e. The third kappa shape index (κ3) is 4.82. The molecule has 0 amide bonds. The summed E-state index contributed by atoms with van der Waals surface area (Å²) in [5.74, 6) is 0.264. The third-order valence-electron chi connectivity index (χ3n) is 0.272. The first-order valence-electron chi connectivity index (χ1n) is 1.48. The lowest BCUT2D eigenvalue weighted by Crippen LogP contribution is -2.10. The van der Waals surface area contributed by atoms with Crippen molar-refractivity contribution in [2.75, 3.05) is 6.16 Å². The maximum Gasteiger partial charge on any atom is 0.0219 e. The van der Waals surface area contributed by atoms with Crippen molar-refractivity contribution in [1.29, 1.82) is 0 Å². The van der Waals surface area contributed by atoms with Crippen LogP contribution >= 0.6 is 18.5 Å². The van der Waals surface area contributed by atoms with Gasteiger partial charge < -0.3 is 5.73 Å². The maximum absolute atomic E-state index is 5.23. The molecular formula is C2H9NP2. The SMILES string of the molecule is NC(P)CP. The minimum atomic E-state index is 0.264. The Morgan fingerprint density at radius 3 is 2.00 bits per heavy atom. The van der Waals surface area contributed by atoms with E-state index in [1.54, 1.807) is 0 Å². The summed E-state index contributed by atoms with van der Waals surface area (Å²) >= 11 is 0. The molecule has 0 spiro atoms. The molecule has 0 rings (SSSR count). The van der Waals surface area contributed by atoms with Gasteiger partial charge in [0.05, 0.1) is 0 Å². The molecule has 0 heterocycles. The van der Waals surface area contributed by atoms with E-state index in [-0.39, 0.29) is 5.78 Å². The lowest BCUT2D eigenvalue weighted by Gasteiger charge is -1.91. The lowest BCUT2D eigenvalue weighted by molar-refractivity contribution is 1.07. The van der Waals surface area contributed by atoms with Crippen LogP contribution in [0.5, 0.6) is 0 Å². The Kier molecular flexibility index (Phi) is 3.52. The Hall–Kier alpha value is 0.820. The van der Waals surface area contributed by atoms with Gasteiger partial charge in [0, 0.05) is 5.78 Å². The second kappa shape index (κ2) is 3.03. The molecule has 0 saturated carbocycles. The van der Waals surface area contributed by atoms with Crippen molar-refractivity contribution in [2.45, 2.75) is 5.78 Å². The van der Waals surface area contributed by atoms with Gasteiger partial charge in [-0.25, -0.2) is 0 Å². The van der Waals surface area contributed by atoms with Gasteiger partial charge in [-0.1, -0.05) is 0 Å². The molecule has 1 nitrogen and oxygen atoms in total. The summed E-state index contributed by atoms with van der Waals surface area (Å²) in [6, 6.07) is 0. The van der Waals surface area contributed by atoms with Gasteiger partial charge in [-0.3, -0.25) is 0 Å². The van der Waals surface area contributed by atoms with Crippen LogP contribution in [0.1, 0.15) is 0 Å². The highest BCUT2D eigenvalue weighted by Crippen LogP contribution is 1.92. The molecule has 0 saturated heterocycles. The largest absolute Gasteiger partial charge is 0.324 e. The first-order chi connectivity index (χ1) is 2.27. The zero-order valence-electron chi connectivity index (χ0n) is 3.02. The monoisotopic (exact) mass is 109 g/mol. The van der Waals surface area contributed by atoms with Crippen LogP contribution in [0.25, 0.3) is 0 Å². The fourth-order valence-corrected chi connectivity index (χ4v) is 0. The molecule has 0 aromatic heterocycles. The van der Waals surface area contributed by atoms with Crippen molar-refractivity contribution in [2.24, 2.45) is 5.73 Å². The Morgan fingerprint density at radius 2 is 2.00 bits per heavy atom. The molecule has 3 atom stereocenters. The quantitative estimate of drug-likeness (QED) is 0.472. The van der Waals surface area contributed by atoms with E-state index in [2.05, 4.69) is 18.5 Å². The summed E-state index contributed by atoms with van der Waals surface area (Å²) in [5.41, 5.74) is 5.23. The highest BCUT2D eigenvalue weighted by atomic mass is 31.0. The first kappa shape index (κ1) is 5.82. The van der Waals surface area contributed by atoms with Gasteiger partial charge in [0.1, 0.15) is 0 Å². The predicted octanol–water partition coefficient (Wildman–Crippen LogP) is 0.0214. The van der Waals surface area contributed by atoms with Crippen LogP contribution in [0.15, 0.2) is 0 Å². The summed E-state index contributed by atoms with van der Waals surface area (Å²) in [6.45, 7) is 0. The average Bonchev–Trinajstić information content (AvgIpc) is 1.38. The van der Waals surface area contributed by atoms with Gasteiger partial charge in [-0.05, 0) is 6.16 Å². The van der Waals surface area contributed by atoms with E-state index in [0.717, 1.165) is 6.16 Å². The van der Waals surface area contributed by atoms with Crippen LogP contribution in [-0.2, 0) is 0 Å². The molecule has 0 aliphatic carbocycles. The van der Waals surface area contributed by atoms with Crippen molar-refractivity contribution >= 4 is 18.5 Å². The number of hydrogen-bond donors (Lipinski definition) is 1. The molecule has 0 fully saturated rings. The number of rotatable bonds is 1. The minimum absolute atomic E-state index is 0.264. The van der Waals surface area contributed by atoms with E-state index >= 15 is 0 Å². The molecule has 3 heteroatoms. The molecule has 3 unspecified atom stereocenters. The Morgan fingerprint density at radius 1 is 1.80 bits per heavy atom. The molecule has 0 radical (unpaired) electrons. The topological polar surface area (TPSA) is 26.0 Å². The van der Waals surface area contributed by atoms with E-state index in [4.69, 9.17) is 5.73 Å². The molecule has 0 aromatic carbocycles. The molecular weight excluding hydrogens is 100.0 g/mol. The van der Waals surface area contributed by atoms with Gasteiger partial charge in [0.25, 0.3) is 0 Å². The van der Waals surface area contributed by atoms with Crippen molar-refractivity contribution in [1.82, 2.24) is 0 Å². The second-order valence-electron chi connectivity index (χ2n) is 0.900. The smallest absolute Gasteiger partial charge is 0.0219 e. The second-order valence-corrected chi connectivity index (χ2v) is 2.23. The van der Waals surface area contributed by atoms with Gasteiger partial charge in [0.2, 0.25) is 0 Å². The van der Waals surface area contributed by atoms with Gasteiger partial charge in [-0.2, -0.15) is 0 Å². The van der Waals surface area contributed by atoms with E-state index in [9.17, 15) is 0 Å². The fraction of sp³-hybridized carbons (Fsp3) is 1.00. The van der Waals surface area contributed by atoms with E-state index in [0.29, 0.717) is 0 Å². The van der Waals surface area contributed by atoms with Crippen molar-refractivity contribution < 1.29 is 0 Å². The zero-order valence-corrected chi connectivity index (χ0v) is 5.33. The van der Waals surface area contributed by atoms with Crippen LogP contribution in [0, 0.1) is 0 Å². The van der Waals surface area contributed by atoms with Crippen LogP contribution in [0.4, 0.5) is 0 Å². The van der Waals surface area contributed by atoms with Gasteiger partial charge in [-0.15, -0.1) is 18.5 Å². The molecule has 0 aliphatic heterocycles. The fourth-order valence-electron chi connectivity index (χ4n) is 0. The first-order valence-corrected chi connectivity index (χ1v) is 2.97. The normalized spacial score (nSPS) is 15.0. The Balaban J connectivity index is 2.54. The lowest BCUT2D eigenvalue weighted by atomic mass is 10.8. The average molecular weight is 109 g/mol. The highest BCUT2D eigenvalue weighted by molar-refractivity contribution is 7.22. The summed E-state index contributed by atoms with van der Waals surface area (Å²) in [6.07, 6.45) is 0.963. The molecule has 0 bridgehead atoms. The van der Waals surface area contributed by atoms with E-state index < -0.39 is 0 Å².